The van der Waals surface area contributed by atoms with Crippen molar-refractivity contribution < 1.29 is 29.0 Å². The minimum absolute atomic E-state index is 0.0478. The Morgan fingerprint density at radius 3 is 2.55 bits per heavy atom. The fourth-order valence-corrected chi connectivity index (χ4v) is 6.26. The first-order valence-electron chi connectivity index (χ1n) is 14.2. The number of para-hydroxylation sites is 1. The summed E-state index contributed by atoms with van der Waals surface area (Å²) in [7, 11) is 1.88. The number of benzene rings is 2. The van der Waals surface area contributed by atoms with Gasteiger partial charge in [-0.1, -0.05) is 41.4 Å². The van der Waals surface area contributed by atoms with Crippen molar-refractivity contribution in [3.8, 4) is 0 Å². The van der Waals surface area contributed by atoms with Gasteiger partial charge < -0.3 is 24.5 Å². The van der Waals surface area contributed by atoms with Crippen LogP contribution in [0.25, 0.3) is 10.9 Å². The molecule has 0 spiro atoms. The molecule has 2 N–H and O–H groups in total. The van der Waals surface area contributed by atoms with E-state index in [9.17, 15) is 19.5 Å². The van der Waals surface area contributed by atoms with Crippen molar-refractivity contribution in [1.82, 2.24) is 9.47 Å². The van der Waals surface area contributed by atoms with Gasteiger partial charge in [-0.25, -0.2) is 0 Å². The molecule has 0 radical (unpaired) electrons. The molecule has 224 valence electrons. The number of aliphatic carboxylic acids is 1. The molecule has 1 aromatic heterocycles. The van der Waals surface area contributed by atoms with Crippen LogP contribution < -0.4 is 5.32 Å². The molecule has 2 aliphatic rings. The number of carboxylic acid groups (broad SMARTS) is 1. The highest BCUT2D eigenvalue weighted by Gasteiger charge is 2.30. The number of aromatic nitrogens is 1. The number of Topliss-reactive ketones (excluding diaryl/α,β-unsaturated/α-hetero) is 1. The molecule has 2 heterocycles. The van der Waals surface area contributed by atoms with Crippen molar-refractivity contribution >= 4 is 57.5 Å². The lowest BCUT2D eigenvalue weighted by Crippen LogP contribution is -2.37. The van der Waals surface area contributed by atoms with Crippen molar-refractivity contribution in [3.05, 3.63) is 63.8 Å². The summed E-state index contributed by atoms with van der Waals surface area (Å²) in [6.07, 6.45) is 6.16. The SMILES string of the molecule is Cn1cc(C(=O)Nc2cc(Cl)c(CC(=O)COC3CCCN3COC3CCC(C(=O)O)CC3)cc2Cl)c2ccccc21. The Hall–Kier alpha value is -2.95. The number of carbonyl (C=O) groups excluding carboxylic acids is 2. The third-order valence-electron chi connectivity index (χ3n) is 8.15. The normalized spacial score (nSPS) is 21.1. The molecule has 9 nitrogen and oxygen atoms in total. The second kappa shape index (κ2) is 13.6. The number of anilines is 1. The highest BCUT2D eigenvalue weighted by Crippen LogP contribution is 2.32. The third-order valence-corrected chi connectivity index (χ3v) is 8.82. The smallest absolute Gasteiger partial charge is 0.306 e. The topological polar surface area (TPSA) is 110 Å². The quantitative estimate of drug-likeness (QED) is 0.276. The van der Waals surface area contributed by atoms with Gasteiger partial charge in [-0.15, -0.1) is 0 Å². The Balaban J connectivity index is 1.11. The minimum Gasteiger partial charge on any atom is -0.481 e. The molecule has 1 saturated heterocycles. The third kappa shape index (κ3) is 7.15. The number of amides is 1. The highest BCUT2D eigenvalue weighted by atomic mass is 35.5. The number of fused-ring (bicyclic) bond motifs is 1. The van der Waals surface area contributed by atoms with Crippen LogP contribution in [0.2, 0.25) is 10.0 Å². The van der Waals surface area contributed by atoms with Crippen LogP contribution in [0, 0.1) is 5.92 Å². The molecule has 2 fully saturated rings. The molecule has 3 aromatic rings. The zero-order valence-electron chi connectivity index (χ0n) is 23.5. The van der Waals surface area contributed by atoms with Gasteiger partial charge in [0.2, 0.25) is 0 Å². The number of hydrogen-bond acceptors (Lipinski definition) is 6. The Morgan fingerprint density at radius 2 is 1.79 bits per heavy atom. The zero-order valence-corrected chi connectivity index (χ0v) is 25.0. The van der Waals surface area contributed by atoms with Crippen molar-refractivity contribution in [2.24, 2.45) is 13.0 Å². The Morgan fingerprint density at radius 1 is 1.02 bits per heavy atom. The lowest BCUT2D eigenvalue weighted by Gasteiger charge is -2.30. The average molecular weight is 617 g/mol. The summed E-state index contributed by atoms with van der Waals surface area (Å²) >= 11 is 13.0. The van der Waals surface area contributed by atoms with Gasteiger partial charge in [0.05, 0.1) is 28.3 Å². The van der Waals surface area contributed by atoms with Crippen LogP contribution in [0.5, 0.6) is 0 Å². The predicted octanol–water partition coefficient (Wildman–Crippen LogP) is 5.91. The Kier molecular flexibility index (Phi) is 9.85. The zero-order chi connectivity index (χ0) is 29.8. The fourth-order valence-electron chi connectivity index (χ4n) is 5.79. The molecule has 1 saturated carbocycles. The molecule has 0 bridgehead atoms. The first kappa shape index (κ1) is 30.5. The number of ketones is 1. The molecule has 11 heteroatoms. The standard InChI is InChI=1S/C31H35Cl2N3O6/c1-35-16-24(23-5-2-3-6-28(23)35)30(38)34-27-15-25(32)20(14-26(27)33)13-21(37)17-41-29-7-4-12-36(29)18-42-22-10-8-19(9-11-22)31(39)40/h2-3,5-6,14-16,19,22,29H,4,7-13,17-18H2,1H3,(H,34,38)(H,39,40). The van der Waals surface area contributed by atoms with E-state index in [0.29, 0.717) is 41.4 Å². The van der Waals surface area contributed by atoms with Gasteiger partial charge in [0, 0.05) is 42.1 Å². The fraction of sp³-hybridized carbons (Fsp3) is 0.452. The second-order valence-corrected chi connectivity index (χ2v) is 11.9. The summed E-state index contributed by atoms with van der Waals surface area (Å²) in [5.74, 6) is -1.44. The van der Waals surface area contributed by atoms with Gasteiger partial charge in [0.15, 0.2) is 5.78 Å². The summed E-state index contributed by atoms with van der Waals surface area (Å²) in [6, 6.07) is 10.8. The van der Waals surface area contributed by atoms with Crippen molar-refractivity contribution in [2.75, 3.05) is 25.2 Å². The van der Waals surface area contributed by atoms with Gasteiger partial charge in [0.25, 0.3) is 5.91 Å². The van der Waals surface area contributed by atoms with E-state index in [2.05, 4.69) is 10.2 Å². The van der Waals surface area contributed by atoms with E-state index in [0.717, 1.165) is 43.1 Å². The molecular formula is C31H35Cl2N3O6. The van der Waals surface area contributed by atoms with Crippen molar-refractivity contribution in [1.29, 1.82) is 0 Å². The second-order valence-electron chi connectivity index (χ2n) is 11.1. The summed E-state index contributed by atoms with van der Waals surface area (Å²) in [4.78, 5) is 39.1. The summed E-state index contributed by atoms with van der Waals surface area (Å²) in [5, 5.41) is 13.5. The van der Waals surface area contributed by atoms with E-state index >= 15 is 0 Å². The van der Waals surface area contributed by atoms with Crippen LogP contribution in [0.15, 0.2) is 42.6 Å². The number of nitrogens with zero attached hydrogens (tertiary/aromatic N) is 2. The maximum atomic E-state index is 13.0. The van der Waals surface area contributed by atoms with Crippen LogP contribution in [-0.4, -0.2) is 64.4 Å². The number of halogens is 2. The monoisotopic (exact) mass is 615 g/mol. The number of carboxylic acids is 1. The van der Waals surface area contributed by atoms with Gasteiger partial charge in [-0.3, -0.25) is 19.3 Å². The Labute approximate surface area is 254 Å². The number of ether oxygens (including phenoxy) is 2. The molecule has 1 unspecified atom stereocenters. The van der Waals surface area contributed by atoms with E-state index in [1.165, 1.54) is 0 Å². The molecule has 1 aliphatic heterocycles. The molecule has 2 aromatic carbocycles. The minimum atomic E-state index is -0.728. The number of aryl methyl sites for hydroxylation is 1. The van der Waals surface area contributed by atoms with Crippen LogP contribution >= 0.6 is 23.2 Å². The largest absolute Gasteiger partial charge is 0.481 e. The number of nitrogens with one attached hydrogen (secondary N) is 1. The maximum Gasteiger partial charge on any atom is 0.306 e. The van der Waals surface area contributed by atoms with Crippen molar-refractivity contribution in [2.45, 2.75) is 57.3 Å². The van der Waals surface area contributed by atoms with Crippen LogP contribution in [0.3, 0.4) is 0 Å². The molecule has 1 atom stereocenters. The van der Waals surface area contributed by atoms with Crippen LogP contribution in [0.1, 0.15) is 54.4 Å². The van der Waals surface area contributed by atoms with E-state index in [1.807, 2.05) is 35.9 Å². The Bertz CT molecular complexity index is 1470. The van der Waals surface area contributed by atoms with E-state index in [1.54, 1.807) is 18.3 Å². The number of hydrogen-bond donors (Lipinski definition) is 2. The average Bonchev–Trinajstić information content (AvgIpc) is 3.57. The highest BCUT2D eigenvalue weighted by molar-refractivity contribution is 6.36. The van der Waals surface area contributed by atoms with Crippen LogP contribution in [-0.2, 0) is 32.5 Å². The number of rotatable bonds is 11. The molecule has 42 heavy (non-hydrogen) atoms. The van der Waals surface area contributed by atoms with E-state index < -0.39 is 5.97 Å². The van der Waals surface area contributed by atoms with Crippen LogP contribution in [0.4, 0.5) is 5.69 Å². The van der Waals surface area contributed by atoms with Crippen molar-refractivity contribution in [3.63, 3.8) is 0 Å². The van der Waals surface area contributed by atoms with Gasteiger partial charge in [0.1, 0.15) is 19.6 Å². The lowest BCUT2D eigenvalue weighted by atomic mass is 9.87. The summed E-state index contributed by atoms with van der Waals surface area (Å²) in [6.45, 7) is 1.14. The molecule has 1 aliphatic carbocycles. The van der Waals surface area contributed by atoms with E-state index in [4.69, 9.17) is 32.7 Å². The summed E-state index contributed by atoms with van der Waals surface area (Å²) < 4.78 is 13.9. The first-order chi connectivity index (χ1) is 20.2. The number of likely N-dealkylation sites (tertiary alicyclic amines) is 1. The molecule has 5 rings (SSSR count). The lowest BCUT2D eigenvalue weighted by molar-refractivity contribution is -0.146. The van der Waals surface area contributed by atoms with Gasteiger partial charge in [-0.2, -0.15) is 0 Å². The van der Waals surface area contributed by atoms with Gasteiger partial charge in [-0.05, 0) is 62.3 Å². The molecule has 1 amide bonds. The first-order valence-corrected chi connectivity index (χ1v) is 15.0. The molecular weight excluding hydrogens is 581 g/mol. The predicted molar refractivity (Wildman–Crippen MR) is 161 cm³/mol. The number of carbonyl (C=O) groups is 3. The maximum absolute atomic E-state index is 13.0. The van der Waals surface area contributed by atoms with Gasteiger partial charge >= 0.3 is 5.97 Å². The van der Waals surface area contributed by atoms with E-state index in [-0.39, 0.29) is 48.0 Å². The summed E-state index contributed by atoms with van der Waals surface area (Å²) in [5.41, 5.74) is 2.39.